The van der Waals surface area contributed by atoms with E-state index >= 15 is 0 Å². The van der Waals surface area contributed by atoms with Crippen LogP contribution in [-0.4, -0.2) is 17.6 Å². The van der Waals surface area contributed by atoms with Gasteiger partial charge in [0, 0.05) is 6.04 Å². The normalized spacial score (nSPS) is 23.6. The van der Waals surface area contributed by atoms with Crippen LogP contribution in [0.5, 0.6) is 5.75 Å². The van der Waals surface area contributed by atoms with Gasteiger partial charge in [-0.25, -0.2) is 4.98 Å². The van der Waals surface area contributed by atoms with Crippen molar-refractivity contribution >= 4 is 0 Å². The Morgan fingerprint density at radius 3 is 2.56 bits per heavy atom. The van der Waals surface area contributed by atoms with Crippen molar-refractivity contribution in [3.63, 3.8) is 0 Å². The second kappa shape index (κ2) is 4.76. The van der Waals surface area contributed by atoms with E-state index in [-0.39, 0.29) is 11.7 Å². The summed E-state index contributed by atoms with van der Waals surface area (Å²) in [5, 5.41) is 0. The lowest BCUT2D eigenvalue weighted by Gasteiger charge is -2.32. The standard InChI is InChI=1S/C12H15F3N2O/c1-7-10(18-6-8-4-9(16)5-8)2-3-11(17-7)12(13,14)15/h2-3,8-9H,4-6,16H2,1H3. The van der Waals surface area contributed by atoms with Crippen LogP contribution in [0, 0.1) is 12.8 Å². The second-order valence-corrected chi connectivity index (χ2v) is 4.69. The van der Waals surface area contributed by atoms with Crippen LogP contribution in [0.2, 0.25) is 0 Å². The molecule has 1 saturated carbocycles. The Kier molecular flexibility index (Phi) is 3.47. The lowest BCUT2D eigenvalue weighted by molar-refractivity contribution is -0.141. The van der Waals surface area contributed by atoms with Crippen LogP contribution in [0.3, 0.4) is 0 Å². The van der Waals surface area contributed by atoms with Crippen molar-refractivity contribution in [3.8, 4) is 5.75 Å². The number of nitrogens with zero attached hydrogens (tertiary/aromatic N) is 1. The number of rotatable bonds is 3. The number of ether oxygens (including phenoxy) is 1. The van der Waals surface area contributed by atoms with E-state index in [9.17, 15) is 13.2 Å². The SMILES string of the molecule is Cc1nc(C(F)(F)F)ccc1OCC1CC(N)C1. The fourth-order valence-corrected chi connectivity index (χ4v) is 1.99. The number of hydrogen-bond acceptors (Lipinski definition) is 3. The van der Waals surface area contributed by atoms with E-state index < -0.39 is 11.9 Å². The Labute approximate surface area is 103 Å². The molecule has 2 rings (SSSR count). The van der Waals surface area contributed by atoms with E-state index in [1.54, 1.807) is 0 Å². The van der Waals surface area contributed by atoms with Crippen molar-refractivity contribution in [1.29, 1.82) is 0 Å². The number of halogens is 3. The molecule has 6 heteroatoms. The van der Waals surface area contributed by atoms with E-state index in [2.05, 4.69) is 4.98 Å². The average Bonchev–Trinajstić information content (AvgIpc) is 2.22. The first-order chi connectivity index (χ1) is 8.36. The van der Waals surface area contributed by atoms with Crippen molar-refractivity contribution in [3.05, 3.63) is 23.5 Å². The Bertz CT molecular complexity index is 428. The van der Waals surface area contributed by atoms with Gasteiger partial charge in [0.2, 0.25) is 0 Å². The Balaban J connectivity index is 1.97. The van der Waals surface area contributed by atoms with E-state index in [1.807, 2.05) is 0 Å². The largest absolute Gasteiger partial charge is 0.491 e. The van der Waals surface area contributed by atoms with Gasteiger partial charge in [0.15, 0.2) is 0 Å². The van der Waals surface area contributed by atoms with E-state index in [0.717, 1.165) is 18.9 Å². The molecular weight excluding hydrogens is 245 g/mol. The highest BCUT2D eigenvalue weighted by atomic mass is 19.4. The predicted octanol–water partition coefficient (Wildman–Crippen LogP) is 2.52. The first kappa shape index (κ1) is 13.1. The van der Waals surface area contributed by atoms with Gasteiger partial charge in [0.05, 0.1) is 12.3 Å². The summed E-state index contributed by atoms with van der Waals surface area (Å²) < 4.78 is 42.7. The van der Waals surface area contributed by atoms with Crippen LogP contribution in [0.4, 0.5) is 13.2 Å². The zero-order valence-electron chi connectivity index (χ0n) is 10.00. The van der Waals surface area contributed by atoms with Crippen LogP contribution >= 0.6 is 0 Å². The summed E-state index contributed by atoms with van der Waals surface area (Å²) in [5.41, 5.74) is 5.01. The van der Waals surface area contributed by atoms with Crippen molar-refractivity contribution in [2.24, 2.45) is 11.7 Å². The molecule has 1 aliphatic rings. The number of nitrogens with two attached hydrogens (primary N) is 1. The van der Waals surface area contributed by atoms with Crippen LogP contribution in [-0.2, 0) is 6.18 Å². The highest BCUT2D eigenvalue weighted by molar-refractivity contribution is 5.29. The maximum absolute atomic E-state index is 12.4. The molecular formula is C12H15F3N2O. The molecule has 0 radical (unpaired) electrons. The summed E-state index contributed by atoms with van der Waals surface area (Å²) in [4.78, 5) is 3.51. The minimum atomic E-state index is -4.41. The quantitative estimate of drug-likeness (QED) is 0.908. The first-order valence-electron chi connectivity index (χ1n) is 5.79. The van der Waals surface area contributed by atoms with E-state index in [0.29, 0.717) is 18.3 Å². The molecule has 18 heavy (non-hydrogen) atoms. The highest BCUT2D eigenvalue weighted by Crippen LogP contribution is 2.31. The zero-order chi connectivity index (χ0) is 13.3. The predicted molar refractivity (Wildman–Crippen MR) is 60.2 cm³/mol. The van der Waals surface area contributed by atoms with Gasteiger partial charge in [0.25, 0.3) is 0 Å². The summed E-state index contributed by atoms with van der Waals surface area (Å²) in [7, 11) is 0. The number of aryl methyl sites for hydroxylation is 1. The molecule has 0 unspecified atom stereocenters. The molecule has 1 aromatic heterocycles. The van der Waals surface area contributed by atoms with Crippen LogP contribution in [0.25, 0.3) is 0 Å². The lowest BCUT2D eigenvalue weighted by atomic mass is 9.82. The topological polar surface area (TPSA) is 48.1 Å². The molecule has 0 amide bonds. The minimum Gasteiger partial charge on any atom is -0.491 e. The molecule has 1 aromatic rings. The van der Waals surface area contributed by atoms with Crippen molar-refractivity contribution in [2.45, 2.75) is 32.0 Å². The fraction of sp³-hybridized carbons (Fsp3) is 0.583. The highest BCUT2D eigenvalue weighted by Gasteiger charge is 2.33. The van der Waals surface area contributed by atoms with Gasteiger partial charge in [-0.3, -0.25) is 0 Å². The second-order valence-electron chi connectivity index (χ2n) is 4.69. The molecule has 1 heterocycles. The number of aromatic nitrogens is 1. The summed E-state index contributed by atoms with van der Waals surface area (Å²) in [6, 6.07) is 2.50. The molecule has 0 aliphatic heterocycles. The third-order valence-corrected chi connectivity index (χ3v) is 3.07. The van der Waals surface area contributed by atoms with Gasteiger partial charge in [0.1, 0.15) is 11.4 Å². The molecule has 1 fully saturated rings. The molecule has 0 bridgehead atoms. The van der Waals surface area contributed by atoms with Crippen LogP contribution in [0.15, 0.2) is 12.1 Å². The summed E-state index contributed by atoms with van der Waals surface area (Å²) in [6.45, 7) is 2.00. The number of alkyl halides is 3. The van der Waals surface area contributed by atoms with Gasteiger partial charge in [-0.1, -0.05) is 0 Å². The zero-order valence-corrected chi connectivity index (χ0v) is 10.00. The van der Waals surface area contributed by atoms with Crippen molar-refractivity contribution in [1.82, 2.24) is 4.98 Å². The van der Waals surface area contributed by atoms with E-state index in [4.69, 9.17) is 10.5 Å². The molecule has 3 nitrogen and oxygen atoms in total. The van der Waals surface area contributed by atoms with Gasteiger partial charge >= 0.3 is 6.18 Å². The summed E-state index contributed by atoms with van der Waals surface area (Å²) >= 11 is 0. The van der Waals surface area contributed by atoms with Crippen molar-refractivity contribution in [2.75, 3.05) is 6.61 Å². The lowest BCUT2D eigenvalue weighted by Crippen LogP contribution is -2.39. The smallest absolute Gasteiger partial charge is 0.433 e. The Morgan fingerprint density at radius 2 is 2.06 bits per heavy atom. The number of pyridine rings is 1. The third-order valence-electron chi connectivity index (χ3n) is 3.07. The maximum Gasteiger partial charge on any atom is 0.433 e. The fourth-order valence-electron chi connectivity index (χ4n) is 1.99. The summed E-state index contributed by atoms with van der Waals surface area (Å²) in [5.74, 6) is 0.810. The Hall–Kier alpha value is -1.30. The molecule has 0 atom stereocenters. The summed E-state index contributed by atoms with van der Waals surface area (Å²) in [6.07, 6.45) is -2.59. The molecule has 2 N–H and O–H groups in total. The Morgan fingerprint density at radius 1 is 1.39 bits per heavy atom. The molecule has 100 valence electrons. The average molecular weight is 260 g/mol. The van der Waals surface area contributed by atoms with Crippen molar-refractivity contribution < 1.29 is 17.9 Å². The number of hydrogen-bond donors (Lipinski definition) is 1. The molecule has 0 aromatic carbocycles. The van der Waals surface area contributed by atoms with E-state index in [1.165, 1.54) is 13.0 Å². The van der Waals surface area contributed by atoms with Gasteiger partial charge in [-0.05, 0) is 37.8 Å². The van der Waals surface area contributed by atoms with Gasteiger partial charge in [-0.2, -0.15) is 13.2 Å². The third kappa shape index (κ3) is 2.93. The minimum absolute atomic E-state index is 0.241. The van der Waals surface area contributed by atoms with Crippen LogP contribution < -0.4 is 10.5 Å². The molecule has 0 spiro atoms. The molecule has 1 aliphatic carbocycles. The van der Waals surface area contributed by atoms with Crippen LogP contribution in [0.1, 0.15) is 24.2 Å². The maximum atomic E-state index is 12.4. The molecule has 0 saturated heterocycles. The first-order valence-corrected chi connectivity index (χ1v) is 5.79. The van der Waals surface area contributed by atoms with Gasteiger partial charge < -0.3 is 10.5 Å². The monoisotopic (exact) mass is 260 g/mol. The van der Waals surface area contributed by atoms with Gasteiger partial charge in [-0.15, -0.1) is 0 Å².